The zero-order valence-electron chi connectivity index (χ0n) is 13.6. The Kier molecular flexibility index (Phi) is 5.60. The molecule has 1 aromatic heterocycles. The molecule has 0 unspecified atom stereocenters. The topological polar surface area (TPSA) is 74.8 Å². The summed E-state index contributed by atoms with van der Waals surface area (Å²) in [4.78, 5) is 23.9. The Bertz CT molecular complexity index is 953. The van der Waals surface area contributed by atoms with E-state index in [1.54, 1.807) is 6.07 Å². The van der Waals surface area contributed by atoms with Gasteiger partial charge in [-0.2, -0.15) is 5.10 Å². The maximum Gasteiger partial charge on any atom is 0.272 e. The number of carbonyl (C=O) groups is 1. The number of fused-ring (bicyclic) bond motifs is 1. The second kappa shape index (κ2) is 8.07. The Morgan fingerprint density at radius 2 is 1.88 bits per heavy atom. The van der Waals surface area contributed by atoms with E-state index in [4.69, 9.17) is 0 Å². The summed E-state index contributed by atoms with van der Waals surface area (Å²) in [5.41, 5.74) is 2.03. The number of rotatable bonds is 6. The van der Waals surface area contributed by atoms with Gasteiger partial charge in [-0.1, -0.05) is 46.3 Å². The fourth-order valence-electron chi connectivity index (χ4n) is 2.68. The summed E-state index contributed by atoms with van der Waals surface area (Å²) < 4.78 is 0. The highest BCUT2D eigenvalue weighted by molar-refractivity contribution is 9.09. The Morgan fingerprint density at radius 1 is 1.08 bits per heavy atom. The highest BCUT2D eigenvalue weighted by Gasteiger charge is 2.09. The van der Waals surface area contributed by atoms with Crippen LogP contribution in [0.5, 0.6) is 0 Å². The molecule has 0 fully saturated rings. The molecular formula is C19H18BrN3O2. The highest BCUT2D eigenvalue weighted by atomic mass is 79.9. The van der Waals surface area contributed by atoms with E-state index in [0.717, 1.165) is 34.8 Å². The predicted molar refractivity (Wildman–Crippen MR) is 104 cm³/mol. The van der Waals surface area contributed by atoms with Crippen molar-refractivity contribution in [2.45, 2.75) is 19.3 Å². The number of hydrogen-bond donors (Lipinski definition) is 2. The van der Waals surface area contributed by atoms with E-state index in [1.165, 1.54) is 0 Å². The van der Waals surface area contributed by atoms with E-state index in [2.05, 4.69) is 31.4 Å². The third-order valence-electron chi connectivity index (χ3n) is 3.90. The lowest BCUT2D eigenvalue weighted by atomic mass is 10.0. The first-order valence-corrected chi connectivity index (χ1v) is 9.25. The zero-order chi connectivity index (χ0) is 17.6. The first-order valence-electron chi connectivity index (χ1n) is 8.12. The van der Waals surface area contributed by atoms with Crippen LogP contribution in [0.25, 0.3) is 22.0 Å². The molecule has 0 saturated carbocycles. The van der Waals surface area contributed by atoms with Crippen LogP contribution >= 0.6 is 15.9 Å². The Morgan fingerprint density at radius 3 is 2.68 bits per heavy atom. The number of carbonyl (C=O) groups excluding carboxylic acids is 1. The monoisotopic (exact) mass is 399 g/mol. The molecule has 1 heterocycles. The number of aromatic nitrogens is 2. The summed E-state index contributed by atoms with van der Waals surface area (Å²) in [7, 11) is 0. The molecule has 0 aliphatic carbocycles. The molecule has 0 aliphatic heterocycles. The minimum atomic E-state index is -0.212. The molecule has 3 rings (SSSR count). The minimum absolute atomic E-state index is 0.00242. The van der Waals surface area contributed by atoms with Crippen molar-refractivity contribution in [1.29, 1.82) is 0 Å². The summed E-state index contributed by atoms with van der Waals surface area (Å²) in [6.07, 6.45) is 2.32. The maximum absolute atomic E-state index is 12.0. The minimum Gasteiger partial charge on any atom is -0.326 e. The van der Waals surface area contributed by atoms with Gasteiger partial charge in [-0.15, -0.1) is 0 Å². The third kappa shape index (κ3) is 4.14. The normalized spacial score (nSPS) is 10.8. The van der Waals surface area contributed by atoms with E-state index < -0.39 is 0 Å². The summed E-state index contributed by atoms with van der Waals surface area (Å²) >= 11 is 3.36. The fraction of sp³-hybridized carbons (Fsp3) is 0.211. The molecule has 128 valence electrons. The van der Waals surface area contributed by atoms with Crippen LogP contribution < -0.4 is 10.9 Å². The molecule has 0 spiro atoms. The number of nitrogens with one attached hydrogen (secondary N) is 2. The van der Waals surface area contributed by atoms with Crippen molar-refractivity contribution in [2.24, 2.45) is 0 Å². The van der Waals surface area contributed by atoms with Crippen LogP contribution in [-0.4, -0.2) is 21.4 Å². The van der Waals surface area contributed by atoms with Gasteiger partial charge < -0.3 is 5.32 Å². The van der Waals surface area contributed by atoms with Gasteiger partial charge in [0, 0.05) is 28.4 Å². The largest absolute Gasteiger partial charge is 0.326 e. The van der Waals surface area contributed by atoms with Crippen LogP contribution in [0.3, 0.4) is 0 Å². The summed E-state index contributed by atoms with van der Waals surface area (Å²) in [6.45, 7) is 0. The first-order chi connectivity index (χ1) is 12.2. The molecule has 2 N–H and O–H groups in total. The second-order valence-electron chi connectivity index (χ2n) is 5.72. The van der Waals surface area contributed by atoms with Crippen LogP contribution in [0.2, 0.25) is 0 Å². The van der Waals surface area contributed by atoms with Crippen LogP contribution in [0.1, 0.15) is 19.3 Å². The van der Waals surface area contributed by atoms with Crippen molar-refractivity contribution in [1.82, 2.24) is 10.2 Å². The molecule has 25 heavy (non-hydrogen) atoms. The number of nitrogens with zero attached hydrogens (tertiary/aromatic N) is 1. The lowest BCUT2D eigenvalue weighted by Gasteiger charge is -2.09. The average molecular weight is 400 g/mol. The molecule has 3 aromatic rings. The van der Waals surface area contributed by atoms with Crippen LogP contribution in [0, 0.1) is 0 Å². The summed E-state index contributed by atoms with van der Waals surface area (Å²) in [5, 5.41) is 11.9. The second-order valence-corrected chi connectivity index (χ2v) is 6.51. The van der Waals surface area contributed by atoms with Crippen molar-refractivity contribution in [3.63, 3.8) is 0 Å². The van der Waals surface area contributed by atoms with Crippen molar-refractivity contribution in [3.05, 3.63) is 58.9 Å². The summed E-state index contributed by atoms with van der Waals surface area (Å²) in [5.74, 6) is -0.00242. The Hall–Kier alpha value is -2.47. The number of unbranched alkanes of at least 4 members (excludes halogenated alkanes) is 1. The molecule has 0 radical (unpaired) electrons. The standard InChI is InChI=1S/C19H18BrN3O2/c20-11-4-3-10-17(24)21-14-7-5-6-13(12-14)18-15-8-1-2-9-16(15)19(25)23-22-18/h1-2,5-9,12H,3-4,10-11H2,(H,21,24)(H,23,25). The zero-order valence-corrected chi connectivity index (χ0v) is 15.2. The number of halogens is 1. The number of aromatic amines is 1. The maximum atomic E-state index is 12.0. The van der Waals surface area contributed by atoms with E-state index in [1.807, 2.05) is 42.5 Å². The van der Waals surface area contributed by atoms with Gasteiger partial charge in [-0.3, -0.25) is 9.59 Å². The van der Waals surface area contributed by atoms with Gasteiger partial charge in [0.15, 0.2) is 0 Å². The van der Waals surface area contributed by atoms with Crippen molar-refractivity contribution >= 4 is 38.3 Å². The number of amides is 1. The van der Waals surface area contributed by atoms with Gasteiger partial charge in [-0.25, -0.2) is 5.10 Å². The molecule has 5 nitrogen and oxygen atoms in total. The third-order valence-corrected chi connectivity index (χ3v) is 4.46. The molecule has 2 aromatic carbocycles. The van der Waals surface area contributed by atoms with Crippen LogP contribution in [0.15, 0.2) is 53.3 Å². The predicted octanol–water partition coefficient (Wildman–Crippen LogP) is 4.09. The van der Waals surface area contributed by atoms with Crippen molar-refractivity contribution in [2.75, 3.05) is 10.6 Å². The van der Waals surface area contributed by atoms with E-state index in [0.29, 0.717) is 17.5 Å². The molecular weight excluding hydrogens is 382 g/mol. The number of benzene rings is 2. The van der Waals surface area contributed by atoms with Gasteiger partial charge in [0.2, 0.25) is 5.91 Å². The smallest absolute Gasteiger partial charge is 0.272 e. The molecule has 0 saturated heterocycles. The quantitative estimate of drug-likeness (QED) is 0.483. The van der Waals surface area contributed by atoms with Crippen molar-refractivity contribution < 1.29 is 4.79 Å². The Labute approximate surface area is 153 Å². The van der Waals surface area contributed by atoms with Gasteiger partial charge in [-0.05, 0) is 31.0 Å². The molecule has 0 aliphatic rings. The van der Waals surface area contributed by atoms with E-state index in [-0.39, 0.29) is 11.5 Å². The Balaban J connectivity index is 1.89. The SMILES string of the molecule is O=C(CCCCBr)Nc1cccc(-c2n[nH]c(=O)c3ccccc23)c1. The van der Waals surface area contributed by atoms with Gasteiger partial charge >= 0.3 is 0 Å². The number of alkyl halides is 1. The van der Waals surface area contributed by atoms with Gasteiger partial charge in [0.1, 0.15) is 0 Å². The molecule has 0 atom stereocenters. The number of hydrogen-bond acceptors (Lipinski definition) is 3. The van der Waals surface area contributed by atoms with Gasteiger partial charge in [0.25, 0.3) is 5.56 Å². The van der Waals surface area contributed by atoms with Gasteiger partial charge in [0.05, 0.1) is 11.1 Å². The first kappa shape index (κ1) is 17.4. The van der Waals surface area contributed by atoms with Crippen LogP contribution in [-0.2, 0) is 4.79 Å². The lowest BCUT2D eigenvalue weighted by Crippen LogP contribution is -2.11. The molecule has 1 amide bonds. The van der Waals surface area contributed by atoms with Crippen LogP contribution in [0.4, 0.5) is 5.69 Å². The van der Waals surface area contributed by atoms with E-state index in [9.17, 15) is 9.59 Å². The molecule has 0 bridgehead atoms. The fourth-order valence-corrected chi connectivity index (χ4v) is 3.08. The van der Waals surface area contributed by atoms with E-state index >= 15 is 0 Å². The number of anilines is 1. The molecule has 6 heteroatoms. The lowest BCUT2D eigenvalue weighted by molar-refractivity contribution is -0.116. The van der Waals surface area contributed by atoms with Crippen molar-refractivity contribution in [3.8, 4) is 11.3 Å². The summed E-state index contributed by atoms with van der Waals surface area (Å²) in [6, 6.07) is 14.8. The number of H-pyrrole nitrogens is 1. The highest BCUT2D eigenvalue weighted by Crippen LogP contribution is 2.26. The average Bonchev–Trinajstić information content (AvgIpc) is 2.63.